The van der Waals surface area contributed by atoms with Crippen molar-refractivity contribution in [1.82, 2.24) is 0 Å². The summed E-state index contributed by atoms with van der Waals surface area (Å²) in [4.78, 5) is 1.24. The van der Waals surface area contributed by atoms with E-state index in [4.69, 9.17) is 0 Å². The Hall–Kier alpha value is 0.490. The van der Waals surface area contributed by atoms with Gasteiger partial charge in [-0.3, -0.25) is 0 Å². The molecule has 1 rings (SSSR count). The monoisotopic (exact) mass is 294 g/mol. The Morgan fingerprint density at radius 2 is 2.21 bits per heavy atom. The van der Waals surface area contributed by atoms with Crippen molar-refractivity contribution < 1.29 is 5.11 Å². The maximum atomic E-state index is 9.73. The Labute approximate surface area is 102 Å². The Kier molecular flexibility index (Phi) is 5.52. The molecule has 0 amide bonds. The van der Waals surface area contributed by atoms with Crippen LogP contribution in [-0.2, 0) is 6.42 Å². The summed E-state index contributed by atoms with van der Waals surface area (Å²) >= 11 is 6.92. The summed E-state index contributed by atoms with van der Waals surface area (Å²) in [7, 11) is 0. The SMILES string of the molecule is CC(C)SCC(O)Cc1ccc(Br)s1. The molecule has 0 fully saturated rings. The van der Waals surface area contributed by atoms with Crippen LogP contribution in [-0.4, -0.2) is 22.2 Å². The third-order valence-electron chi connectivity index (χ3n) is 1.69. The first-order valence-corrected chi connectivity index (χ1v) is 7.27. The van der Waals surface area contributed by atoms with Crippen LogP contribution in [0.3, 0.4) is 0 Å². The summed E-state index contributed by atoms with van der Waals surface area (Å²) in [5.74, 6) is 0.827. The average Bonchev–Trinajstić information content (AvgIpc) is 2.48. The molecule has 1 N–H and O–H groups in total. The minimum absolute atomic E-state index is 0.215. The Morgan fingerprint density at radius 3 is 2.71 bits per heavy atom. The first-order valence-electron chi connectivity index (χ1n) is 4.62. The molecule has 1 nitrogen and oxygen atoms in total. The smallest absolute Gasteiger partial charge is 0.0701 e. The average molecular weight is 295 g/mol. The molecule has 4 heteroatoms. The first kappa shape index (κ1) is 12.6. The van der Waals surface area contributed by atoms with E-state index < -0.39 is 0 Å². The predicted octanol–water partition coefficient (Wildman–Crippen LogP) is 3.56. The van der Waals surface area contributed by atoms with Gasteiger partial charge in [0.05, 0.1) is 9.89 Å². The molecule has 1 unspecified atom stereocenters. The molecule has 0 spiro atoms. The van der Waals surface area contributed by atoms with Crippen LogP contribution in [0, 0.1) is 0 Å². The van der Waals surface area contributed by atoms with Gasteiger partial charge in [-0.15, -0.1) is 11.3 Å². The largest absolute Gasteiger partial charge is 0.392 e. The molecule has 0 saturated carbocycles. The van der Waals surface area contributed by atoms with E-state index in [1.165, 1.54) is 4.88 Å². The van der Waals surface area contributed by atoms with E-state index in [-0.39, 0.29) is 6.10 Å². The normalized spacial score (nSPS) is 13.5. The number of hydrogen-bond acceptors (Lipinski definition) is 3. The molecule has 0 radical (unpaired) electrons. The fraction of sp³-hybridized carbons (Fsp3) is 0.600. The maximum Gasteiger partial charge on any atom is 0.0701 e. The van der Waals surface area contributed by atoms with Crippen molar-refractivity contribution in [2.75, 3.05) is 5.75 Å². The first-order chi connectivity index (χ1) is 6.58. The van der Waals surface area contributed by atoms with Gasteiger partial charge in [-0.2, -0.15) is 11.8 Å². The van der Waals surface area contributed by atoms with Gasteiger partial charge < -0.3 is 5.11 Å². The minimum atomic E-state index is -0.215. The van der Waals surface area contributed by atoms with Crippen LogP contribution in [0.2, 0.25) is 0 Å². The summed E-state index contributed by atoms with van der Waals surface area (Å²) in [6.07, 6.45) is 0.559. The summed E-state index contributed by atoms with van der Waals surface area (Å²) in [6, 6.07) is 4.10. The van der Waals surface area contributed by atoms with Gasteiger partial charge in [0.2, 0.25) is 0 Å². The number of aliphatic hydroxyl groups excluding tert-OH is 1. The predicted molar refractivity (Wildman–Crippen MR) is 69.3 cm³/mol. The molecule has 0 aromatic carbocycles. The van der Waals surface area contributed by atoms with Crippen molar-refractivity contribution in [2.24, 2.45) is 0 Å². The lowest BCUT2D eigenvalue weighted by Gasteiger charge is -2.10. The van der Waals surface area contributed by atoms with E-state index in [0.717, 1.165) is 16.0 Å². The molecular weight excluding hydrogens is 280 g/mol. The summed E-state index contributed by atoms with van der Waals surface area (Å²) in [5, 5.41) is 10.3. The van der Waals surface area contributed by atoms with Gasteiger partial charge in [-0.05, 0) is 33.3 Å². The summed E-state index contributed by atoms with van der Waals surface area (Å²) in [6.45, 7) is 4.30. The zero-order valence-corrected chi connectivity index (χ0v) is 11.6. The summed E-state index contributed by atoms with van der Waals surface area (Å²) in [5.41, 5.74) is 0. The second-order valence-corrected chi connectivity index (χ2v) is 7.60. The topological polar surface area (TPSA) is 20.2 Å². The van der Waals surface area contributed by atoms with E-state index in [1.807, 2.05) is 17.8 Å². The van der Waals surface area contributed by atoms with Gasteiger partial charge >= 0.3 is 0 Å². The van der Waals surface area contributed by atoms with E-state index in [1.54, 1.807) is 11.3 Å². The van der Waals surface area contributed by atoms with Gasteiger partial charge in [0, 0.05) is 17.1 Å². The third-order valence-corrected chi connectivity index (χ3v) is 4.58. The van der Waals surface area contributed by atoms with Crippen LogP contribution in [0.25, 0.3) is 0 Å². The van der Waals surface area contributed by atoms with Crippen molar-refractivity contribution in [3.8, 4) is 0 Å². The molecule has 1 aromatic rings. The summed E-state index contributed by atoms with van der Waals surface area (Å²) < 4.78 is 1.14. The van der Waals surface area contributed by atoms with Crippen LogP contribution in [0.4, 0.5) is 0 Å². The van der Waals surface area contributed by atoms with Gasteiger partial charge in [-0.1, -0.05) is 13.8 Å². The van der Waals surface area contributed by atoms with E-state index in [2.05, 4.69) is 35.8 Å². The van der Waals surface area contributed by atoms with Crippen LogP contribution in [0.15, 0.2) is 15.9 Å². The lowest BCUT2D eigenvalue weighted by atomic mass is 10.2. The molecular formula is C10H15BrOS2. The maximum absolute atomic E-state index is 9.73. The van der Waals surface area contributed by atoms with Crippen molar-refractivity contribution >= 4 is 39.0 Å². The highest BCUT2D eigenvalue weighted by molar-refractivity contribution is 9.11. The highest BCUT2D eigenvalue weighted by atomic mass is 79.9. The van der Waals surface area contributed by atoms with E-state index in [9.17, 15) is 5.11 Å². The number of aliphatic hydroxyl groups is 1. The van der Waals surface area contributed by atoms with Gasteiger partial charge in [0.15, 0.2) is 0 Å². The zero-order chi connectivity index (χ0) is 10.6. The molecule has 80 valence electrons. The molecule has 0 saturated heterocycles. The lowest BCUT2D eigenvalue weighted by molar-refractivity contribution is 0.201. The molecule has 1 heterocycles. The van der Waals surface area contributed by atoms with Gasteiger partial charge in [0.1, 0.15) is 0 Å². The molecule has 0 aliphatic rings. The Balaban J connectivity index is 2.30. The minimum Gasteiger partial charge on any atom is -0.392 e. The van der Waals surface area contributed by atoms with Crippen LogP contribution >= 0.6 is 39.0 Å². The van der Waals surface area contributed by atoms with Crippen molar-refractivity contribution in [2.45, 2.75) is 31.6 Å². The lowest BCUT2D eigenvalue weighted by Crippen LogP contribution is -2.14. The highest BCUT2D eigenvalue weighted by Crippen LogP contribution is 2.24. The van der Waals surface area contributed by atoms with E-state index in [0.29, 0.717) is 5.25 Å². The fourth-order valence-electron chi connectivity index (χ4n) is 1.06. The van der Waals surface area contributed by atoms with Gasteiger partial charge in [-0.25, -0.2) is 0 Å². The molecule has 1 atom stereocenters. The number of rotatable bonds is 5. The molecule has 14 heavy (non-hydrogen) atoms. The van der Waals surface area contributed by atoms with Crippen molar-refractivity contribution in [3.63, 3.8) is 0 Å². The van der Waals surface area contributed by atoms with Gasteiger partial charge in [0.25, 0.3) is 0 Å². The Bertz CT molecular complexity index is 273. The molecule has 0 bridgehead atoms. The standard InChI is InChI=1S/C10H15BrOS2/c1-7(2)13-6-8(12)5-9-3-4-10(11)14-9/h3-4,7-8,12H,5-6H2,1-2H3. The van der Waals surface area contributed by atoms with Crippen LogP contribution in [0.1, 0.15) is 18.7 Å². The number of hydrogen-bond donors (Lipinski definition) is 1. The second kappa shape index (κ2) is 6.16. The molecule has 1 aromatic heterocycles. The van der Waals surface area contributed by atoms with E-state index >= 15 is 0 Å². The van der Waals surface area contributed by atoms with Crippen LogP contribution in [0.5, 0.6) is 0 Å². The Morgan fingerprint density at radius 1 is 1.50 bits per heavy atom. The van der Waals surface area contributed by atoms with Crippen LogP contribution < -0.4 is 0 Å². The highest BCUT2D eigenvalue weighted by Gasteiger charge is 2.08. The molecule has 0 aliphatic heterocycles. The fourth-order valence-corrected chi connectivity index (χ4v) is 3.34. The second-order valence-electron chi connectivity index (χ2n) is 3.45. The number of thiophene rings is 1. The quantitative estimate of drug-likeness (QED) is 0.896. The molecule has 0 aliphatic carbocycles. The van der Waals surface area contributed by atoms with Crippen molar-refractivity contribution in [3.05, 3.63) is 20.8 Å². The number of thioether (sulfide) groups is 1. The number of halogens is 1. The van der Waals surface area contributed by atoms with Crippen molar-refractivity contribution in [1.29, 1.82) is 0 Å². The third kappa shape index (κ3) is 4.82. The zero-order valence-electron chi connectivity index (χ0n) is 8.37.